The lowest BCUT2D eigenvalue weighted by molar-refractivity contribution is 0.0795. The van der Waals surface area contributed by atoms with Gasteiger partial charge < -0.3 is 15.2 Å². The molecule has 0 bridgehead atoms. The summed E-state index contributed by atoms with van der Waals surface area (Å²) < 4.78 is 10.8. The normalized spacial score (nSPS) is 12.1. The van der Waals surface area contributed by atoms with E-state index in [1.807, 2.05) is 27.7 Å². The van der Waals surface area contributed by atoms with E-state index in [4.69, 9.17) is 20.6 Å². The number of nitrogens with zero attached hydrogens (tertiary/aromatic N) is 1. The van der Waals surface area contributed by atoms with Gasteiger partial charge in [0, 0.05) is 31.7 Å². The molecule has 0 amide bonds. The molecule has 0 aliphatic carbocycles. The van der Waals surface area contributed by atoms with Gasteiger partial charge in [0.05, 0.1) is 19.0 Å². The summed E-state index contributed by atoms with van der Waals surface area (Å²) in [6.45, 7) is 13.7. The van der Waals surface area contributed by atoms with E-state index >= 15 is 0 Å². The van der Waals surface area contributed by atoms with Gasteiger partial charge in [0.25, 0.3) is 0 Å². The SMILES string of the molecule is CCOCCN(CCOCC)CCC(C)(C)C(=N)N. The van der Waals surface area contributed by atoms with Crippen LogP contribution in [-0.2, 0) is 9.47 Å². The highest BCUT2D eigenvalue weighted by Crippen LogP contribution is 2.19. The predicted molar refractivity (Wildman–Crippen MR) is 79.7 cm³/mol. The molecule has 0 spiro atoms. The summed E-state index contributed by atoms with van der Waals surface area (Å²) >= 11 is 0. The smallest absolute Gasteiger partial charge is 0.0963 e. The Bertz CT molecular complexity index is 235. The monoisotopic (exact) mass is 273 g/mol. The van der Waals surface area contributed by atoms with Gasteiger partial charge in [0.15, 0.2) is 0 Å². The largest absolute Gasteiger partial charge is 0.387 e. The molecular formula is C14H31N3O2. The molecule has 19 heavy (non-hydrogen) atoms. The van der Waals surface area contributed by atoms with Crippen molar-refractivity contribution in [2.45, 2.75) is 34.1 Å². The number of amidine groups is 1. The summed E-state index contributed by atoms with van der Waals surface area (Å²) in [5.74, 6) is 0.252. The van der Waals surface area contributed by atoms with Crippen molar-refractivity contribution in [3.8, 4) is 0 Å². The Morgan fingerprint density at radius 1 is 1.05 bits per heavy atom. The van der Waals surface area contributed by atoms with Gasteiger partial charge in [-0.25, -0.2) is 0 Å². The summed E-state index contributed by atoms with van der Waals surface area (Å²) in [6, 6.07) is 0. The molecule has 0 radical (unpaired) electrons. The first kappa shape index (κ1) is 18.4. The topological polar surface area (TPSA) is 71.6 Å². The Morgan fingerprint density at radius 2 is 1.53 bits per heavy atom. The molecule has 0 atom stereocenters. The van der Waals surface area contributed by atoms with Crippen LogP contribution in [0.5, 0.6) is 0 Å². The van der Waals surface area contributed by atoms with Crippen LogP contribution in [0.15, 0.2) is 0 Å². The summed E-state index contributed by atoms with van der Waals surface area (Å²) in [7, 11) is 0. The molecule has 0 fully saturated rings. The maximum absolute atomic E-state index is 7.59. The average molecular weight is 273 g/mol. The van der Waals surface area contributed by atoms with E-state index in [-0.39, 0.29) is 11.3 Å². The lowest BCUT2D eigenvalue weighted by Crippen LogP contribution is -2.38. The van der Waals surface area contributed by atoms with Gasteiger partial charge in [0.1, 0.15) is 0 Å². The van der Waals surface area contributed by atoms with Gasteiger partial charge in [-0.1, -0.05) is 13.8 Å². The first-order chi connectivity index (χ1) is 8.94. The van der Waals surface area contributed by atoms with Crippen LogP contribution in [0.3, 0.4) is 0 Å². The number of ether oxygens (including phenoxy) is 2. The Hall–Kier alpha value is -0.650. The first-order valence-corrected chi connectivity index (χ1v) is 7.16. The van der Waals surface area contributed by atoms with E-state index in [2.05, 4.69) is 4.90 Å². The molecule has 0 aromatic carbocycles. The molecule has 0 aromatic heterocycles. The standard InChI is InChI=1S/C14H31N3O2/c1-5-18-11-9-17(10-12-19-6-2)8-7-14(3,4)13(15)16/h5-12H2,1-4H3,(H3,15,16). The molecule has 0 rings (SSSR count). The Morgan fingerprint density at radius 3 is 1.89 bits per heavy atom. The van der Waals surface area contributed by atoms with Crippen molar-refractivity contribution < 1.29 is 9.47 Å². The number of rotatable bonds is 12. The molecule has 0 aliphatic rings. The summed E-state index contributed by atoms with van der Waals surface area (Å²) in [6.07, 6.45) is 0.876. The zero-order valence-electron chi connectivity index (χ0n) is 13.0. The fourth-order valence-corrected chi connectivity index (χ4v) is 1.58. The van der Waals surface area contributed by atoms with Crippen LogP contribution < -0.4 is 5.73 Å². The maximum atomic E-state index is 7.59. The Balaban J connectivity index is 4.12. The van der Waals surface area contributed by atoms with Crippen molar-refractivity contribution in [3.63, 3.8) is 0 Å². The van der Waals surface area contributed by atoms with Crippen molar-refractivity contribution in [3.05, 3.63) is 0 Å². The second kappa shape index (κ2) is 10.2. The third-order valence-electron chi connectivity index (χ3n) is 3.29. The van der Waals surface area contributed by atoms with E-state index in [1.54, 1.807) is 0 Å². The summed E-state index contributed by atoms with van der Waals surface area (Å²) in [4.78, 5) is 2.32. The minimum absolute atomic E-state index is 0.241. The Kier molecular flexibility index (Phi) is 9.83. The Labute approximate surface area is 117 Å². The van der Waals surface area contributed by atoms with E-state index in [0.29, 0.717) is 0 Å². The highest BCUT2D eigenvalue weighted by molar-refractivity contribution is 5.82. The van der Waals surface area contributed by atoms with Crippen LogP contribution in [0, 0.1) is 10.8 Å². The molecule has 0 unspecified atom stereocenters. The summed E-state index contributed by atoms with van der Waals surface area (Å²) in [5.41, 5.74) is 5.37. The van der Waals surface area contributed by atoms with E-state index in [1.165, 1.54) is 0 Å². The van der Waals surface area contributed by atoms with Crippen molar-refractivity contribution in [2.75, 3.05) is 46.1 Å². The lowest BCUT2D eigenvalue weighted by Gasteiger charge is -2.28. The van der Waals surface area contributed by atoms with Crippen LogP contribution in [0.2, 0.25) is 0 Å². The molecule has 0 aromatic rings. The predicted octanol–water partition coefficient (Wildman–Crippen LogP) is 1.71. The van der Waals surface area contributed by atoms with Crippen LogP contribution >= 0.6 is 0 Å². The minimum Gasteiger partial charge on any atom is -0.387 e. The van der Waals surface area contributed by atoms with Gasteiger partial charge >= 0.3 is 0 Å². The van der Waals surface area contributed by atoms with E-state index < -0.39 is 0 Å². The van der Waals surface area contributed by atoms with Gasteiger partial charge in [-0.05, 0) is 26.8 Å². The van der Waals surface area contributed by atoms with Crippen molar-refractivity contribution >= 4 is 5.84 Å². The van der Waals surface area contributed by atoms with Crippen molar-refractivity contribution in [2.24, 2.45) is 11.1 Å². The van der Waals surface area contributed by atoms with Crippen LogP contribution in [0.25, 0.3) is 0 Å². The van der Waals surface area contributed by atoms with Gasteiger partial charge in [0.2, 0.25) is 0 Å². The molecule has 0 saturated heterocycles. The molecule has 0 aliphatic heterocycles. The highest BCUT2D eigenvalue weighted by atomic mass is 16.5. The average Bonchev–Trinajstić information content (AvgIpc) is 2.35. The maximum Gasteiger partial charge on any atom is 0.0963 e. The minimum atomic E-state index is -0.241. The molecule has 114 valence electrons. The molecule has 5 nitrogen and oxygen atoms in total. The second-order valence-corrected chi connectivity index (χ2v) is 5.28. The molecule has 5 heteroatoms. The van der Waals surface area contributed by atoms with Crippen LogP contribution in [0.1, 0.15) is 34.1 Å². The van der Waals surface area contributed by atoms with Gasteiger partial charge in [-0.3, -0.25) is 10.3 Å². The third-order valence-corrected chi connectivity index (χ3v) is 3.29. The molecule has 3 N–H and O–H groups in total. The van der Waals surface area contributed by atoms with Crippen LogP contribution in [0.4, 0.5) is 0 Å². The second-order valence-electron chi connectivity index (χ2n) is 5.28. The number of nitrogens with one attached hydrogen (secondary N) is 1. The third kappa shape index (κ3) is 8.97. The number of hydrogen-bond acceptors (Lipinski definition) is 4. The molecular weight excluding hydrogens is 242 g/mol. The zero-order chi connectivity index (χ0) is 14.7. The van der Waals surface area contributed by atoms with E-state index in [9.17, 15) is 0 Å². The van der Waals surface area contributed by atoms with Gasteiger partial charge in [-0.2, -0.15) is 0 Å². The highest BCUT2D eigenvalue weighted by Gasteiger charge is 2.22. The fraction of sp³-hybridized carbons (Fsp3) is 0.929. The van der Waals surface area contributed by atoms with Crippen molar-refractivity contribution in [1.82, 2.24) is 4.90 Å². The lowest BCUT2D eigenvalue weighted by atomic mass is 9.88. The molecule has 0 heterocycles. The quantitative estimate of drug-likeness (QED) is 0.323. The zero-order valence-corrected chi connectivity index (χ0v) is 13.0. The molecule has 0 saturated carbocycles. The van der Waals surface area contributed by atoms with Gasteiger partial charge in [-0.15, -0.1) is 0 Å². The first-order valence-electron chi connectivity index (χ1n) is 7.16. The summed E-state index contributed by atoms with van der Waals surface area (Å²) in [5, 5.41) is 7.59. The van der Waals surface area contributed by atoms with Crippen LogP contribution in [-0.4, -0.2) is 56.8 Å². The number of nitrogens with two attached hydrogens (primary N) is 1. The van der Waals surface area contributed by atoms with Crippen molar-refractivity contribution in [1.29, 1.82) is 5.41 Å². The number of hydrogen-bond donors (Lipinski definition) is 2. The van der Waals surface area contributed by atoms with E-state index in [0.717, 1.165) is 52.5 Å². The fourth-order valence-electron chi connectivity index (χ4n) is 1.58.